The van der Waals surface area contributed by atoms with Crippen LogP contribution in [0.5, 0.6) is 0 Å². The Balaban J connectivity index is 2.87. The van der Waals surface area contributed by atoms with E-state index in [1.807, 2.05) is 0 Å². The topological polar surface area (TPSA) is 40.5 Å². The van der Waals surface area contributed by atoms with E-state index < -0.39 is 11.9 Å². The maximum Gasteiger partial charge on any atom is 0.253 e. The van der Waals surface area contributed by atoms with Gasteiger partial charge < -0.3 is 10.0 Å². The Kier molecular flexibility index (Phi) is 4.01. The van der Waals surface area contributed by atoms with Gasteiger partial charge in [0.05, 0.1) is 6.10 Å². The fraction of sp³-hybridized carbons (Fsp3) is 0.417. The molecule has 1 aromatic carbocycles. The zero-order chi connectivity index (χ0) is 12.3. The Labute approximate surface area is 94.5 Å². The van der Waals surface area contributed by atoms with Crippen molar-refractivity contribution in [1.29, 1.82) is 0 Å². The number of halogens is 1. The van der Waals surface area contributed by atoms with E-state index in [1.165, 1.54) is 17.0 Å². The van der Waals surface area contributed by atoms with E-state index in [-0.39, 0.29) is 12.5 Å². The third-order valence-electron chi connectivity index (χ3n) is 2.17. The van der Waals surface area contributed by atoms with Crippen molar-refractivity contribution in [3.8, 4) is 0 Å². The lowest BCUT2D eigenvalue weighted by atomic mass is 10.1. The Morgan fingerprint density at radius 2 is 2.12 bits per heavy atom. The van der Waals surface area contributed by atoms with Gasteiger partial charge in [-0.1, -0.05) is 0 Å². The Bertz CT molecular complexity index is 370. The van der Waals surface area contributed by atoms with Gasteiger partial charge >= 0.3 is 0 Å². The van der Waals surface area contributed by atoms with Crippen molar-refractivity contribution in [1.82, 2.24) is 4.90 Å². The number of likely N-dealkylation sites (N-methyl/N-ethyl adjacent to an activating group) is 1. The van der Waals surface area contributed by atoms with Crippen molar-refractivity contribution in [3.63, 3.8) is 0 Å². The molecule has 0 aliphatic heterocycles. The third-order valence-corrected chi connectivity index (χ3v) is 2.17. The number of carbonyl (C=O) groups is 1. The van der Waals surface area contributed by atoms with Crippen LogP contribution in [-0.2, 0) is 0 Å². The molecule has 0 aliphatic carbocycles. The Morgan fingerprint density at radius 3 is 2.62 bits per heavy atom. The molecule has 0 radical (unpaired) electrons. The van der Waals surface area contributed by atoms with Crippen molar-refractivity contribution in [2.45, 2.75) is 20.0 Å². The summed E-state index contributed by atoms with van der Waals surface area (Å²) in [4.78, 5) is 13.2. The van der Waals surface area contributed by atoms with E-state index in [0.717, 1.165) is 0 Å². The van der Waals surface area contributed by atoms with Crippen molar-refractivity contribution in [2.75, 3.05) is 13.6 Å². The lowest BCUT2D eigenvalue weighted by molar-refractivity contribution is 0.0703. The molecule has 0 aliphatic rings. The first-order chi connectivity index (χ1) is 7.40. The van der Waals surface area contributed by atoms with Crippen LogP contribution in [0.15, 0.2) is 18.2 Å². The normalized spacial score (nSPS) is 12.3. The first-order valence-electron chi connectivity index (χ1n) is 5.11. The fourth-order valence-corrected chi connectivity index (χ4v) is 1.56. The van der Waals surface area contributed by atoms with E-state index in [2.05, 4.69) is 0 Å². The molecular weight excluding hydrogens is 209 g/mol. The molecule has 4 heteroatoms. The van der Waals surface area contributed by atoms with Crippen LogP contribution in [-0.4, -0.2) is 35.6 Å². The number of aliphatic hydroxyl groups is 1. The molecule has 1 N–H and O–H groups in total. The van der Waals surface area contributed by atoms with E-state index in [9.17, 15) is 9.18 Å². The molecule has 1 unspecified atom stereocenters. The molecule has 3 nitrogen and oxygen atoms in total. The number of nitrogens with zero attached hydrogens (tertiary/aromatic N) is 1. The second-order valence-electron chi connectivity index (χ2n) is 4.05. The van der Waals surface area contributed by atoms with Gasteiger partial charge in [0.25, 0.3) is 5.91 Å². The minimum Gasteiger partial charge on any atom is -0.392 e. The average molecular weight is 225 g/mol. The maximum absolute atomic E-state index is 13.1. The Hall–Kier alpha value is -1.42. The summed E-state index contributed by atoms with van der Waals surface area (Å²) in [6.45, 7) is 3.56. The summed E-state index contributed by atoms with van der Waals surface area (Å²) < 4.78 is 13.1. The number of aryl methyl sites for hydroxylation is 1. The van der Waals surface area contributed by atoms with Crippen LogP contribution in [0.4, 0.5) is 4.39 Å². The third kappa shape index (κ3) is 3.31. The zero-order valence-corrected chi connectivity index (χ0v) is 9.70. The highest BCUT2D eigenvalue weighted by Gasteiger charge is 2.14. The largest absolute Gasteiger partial charge is 0.392 e. The number of hydrogen-bond donors (Lipinski definition) is 1. The molecule has 1 atom stereocenters. The van der Waals surface area contributed by atoms with E-state index >= 15 is 0 Å². The molecule has 0 bridgehead atoms. The predicted molar refractivity (Wildman–Crippen MR) is 59.8 cm³/mol. The van der Waals surface area contributed by atoms with Crippen LogP contribution in [0.2, 0.25) is 0 Å². The highest BCUT2D eigenvalue weighted by Crippen LogP contribution is 2.10. The highest BCUT2D eigenvalue weighted by molar-refractivity contribution is 5.94. The molecular formula is C12H16FNO2. The summed E-state index contributed by atoms with van der Waals surface area (Å²) in [6, 6.07) is 4.20. The molecule has 1 aromatic rings. The van der Waals surface area contributed by atoms with Crippen LogP contribution in [0.25, 0.3) is 0 Å². The highest BCUT2D eigenvalue weighted by atomic mass is 19.1. The van der Waals surface area contributed by atoms with Crippen LogP contribution in [0.1, 0.15) is 22.8 Å². The van der Waals surface area contributed by atoms with Gasteiger partial charge in [-0.25, -0.2) is 4.39 Å². The molecule has 0 heterocycles. The van der Waals surface area contributed by atoms with Crippen LogP contribution in [0.3, 0.4) is 0 Å². The predicted octanol–water partition coefficient (Wildman–Crippen LogP) is 1.59. The maximum atomic E-state index is 13.1. The summed E-state index contributed by atoms with van der Waals surface area (Å²) in [5.41, 5.74) is 1.01. The summed E-state index contributed by atoms with van der Waals surface area (Å²) in [6.07, 6.45) is -0.594. The van der Waals surface area contributed by atoms with Gasteiger partial charge in [0.2, 0.25) is 0 Å². The van der Waals surface area contributed by atoms with Gasteiger partial charge in [-0.05, 0) is 37.6 Å². The van der Waals surface area contributed by atoms with Crippen molar-refractivity contribution in [2.24, 2.45) is 0 Å². The molecule has 0 aromatic heterocycles. The fourth-order valence-electron chi connectivity index (χ4n) is 1.56. The summed E-state index contributed by atoms with van der Waals surface area (Å²) in [5.74, 6) is -0.711. The number of rotatable bonds is 3. The van der Waals surface area contributed by atoms with E-state index in [1.54, 1.807) is 27.0 Å². The molecule has 0 saturated carbocycles. The number of aliphatic hydroxyl groups excluding tert-OH is 1. The van der Waals surface area contributed by atoms with Gasteiger partial charge in [-0.3, -0.25) is 4.79 Å². The molecule has 1 rings (SSSR count). The number of benzene rings is 1. The monoisotopic (exact) mass is 225 g/mol. The molecule has 16 heavy (non-hydrogen) atoms. The van der Waals surface area contributed by atoms with Crippen molar-refractivity contribution in [3.05, 3.63) is 35.1 Å². The minimum absolute atomic E-state index is 0.231. The molecule has 0 saturated heterocycles. The van der Waals surface area contributed by atoms with Crippen molar-refractivity contribution < 1.29 is 14.3 Å². The quantitative estimate of drug-likeness (QED) is 0.848. The SMILES string of the molecule is Cc1cc(F)cc(C(=O)N(C)CC(C)O)c1. The minimum atomic E-state index is -0.594. The van der Waals surface area contributed by atoms with Crippen LogP contribution >= 0.6 is 0 Å². The lowest BCUT2D eigenvalue weighted by Crippen LogP contribution is -2.33. The molecule has 0 spiro atoms. The van der Waals surface area contributed by atoms with Gasteiger partial charge in [0.1, 0.15) is 5.82 Å². The van der Waals surface area contributed by atoms with Crippen LogP contribution in [0, 0.1) is 12.7 Å². The summed E-state index contributed by atoms with van der Waals surface area (Å²) >= 11 is 0. The average Bonchev–Trinajstić information content (AvgIpc) is 2.13. The molecule has 0 fully saturated rings. The van der Waals surface area contributed by atoms with Gasteiger partial charge in [0, 0.05) is 19.2 Å². The number of hydrogen-bond acceptors (Lipinski definition) is 2. The second-order valence-corrected chi connectivity index (χ2v) is 4.05. The van der Waals surface area contributed by atoms with E-state index in [0.29, 0.717) is 11.1 Å². The smallest absolute Gasteiger partial charge is 0.253 e. The van der Waals surface area contributed by atoms with Gasteiger partial charge in [0.15, 0.2) is 0 Å². The summed E-state index contributed by atoms with van der Waals surface area (Å²) in [7, 11) is 1.58. The lowest BCUT2D eigenvalue weighted by Gasteiger charge is -2.19. The Morgan fingerprint density at radius 1 is 1.50 bits per heavy atom. The first-order valence-corrected chi connectivity index (χ1v) is 5.11. The summed E-state index contributed by atoms with van der Waals surface area (Å²) in [5, 5.41) is 9.16. The van der Waals surface area contributed by atoms with Gasteiger partial charge in [-0.2, -0.15) is 0 Å². The second kappa shape index (κ2) is 5.07. The molecule has 1 amide bonds. The number of amides is 1. The number of carbonyl (C=O) groups excluding carboxylic acids is 1. The van der Waals surface area contributed by atoms with Crippen LogP contribution < -0.4 is 0 Å². The zero-order valence-electron chi connectivity index (χ0n) is 9.70. The first kappa shape index (κ1) is 12.6. The molecule has 88 valence electrons. The van der Waals surface area contributed by atoms with Gasteiger partial charge in [-0.15, -0.1) is 0 Å². The standard InChI is InChI=1S/C12H16FNO2/c1-8-4-10(6-11(13)5-8)12(16)14(3)7-9(2)15/h4-6,9,15H,7H2,1-3H3. The van der Waals surface area contributed by atoms with Crippen molar-refractivity contribution >= 4 is 5.91 Å². The van der Waals surface area contributed by atoms with E-state index in [4.69, 9.17) is 5.11 Å².